The van der Waals surface area contributed by atoms with Crippen molar-refractivity contribution in [3.63, 3.8) is 0 Å². The van der Waals surface area contributed by atoms with Crippen LogP contribution in [0.1, 0.15) is 23.4 Å². The molecule has 0 unspecified atom stereocenters. The second kappa shape index (κ2) is 7.52. The van der Waals surface area contributed by atoms with Crippen LogP contribution in [0.3, 0.4) is 0 Å². The largest absolute Gasteiger partial charge is 0.374 e. The van der Waals surface area contributed by atoms with Crippen molar-refractivity contribution < 1.29 is 4.74 Å². The number of halogens is 1. The predicted octanol–water partition coefficient (Wildman–Crippen LogP) is 3.09. The van der Waals surface area contributed by atoms with Crippen molar-refractivity contribution in [1.29, 1.82) is 0 Å². The van der Waals surface area contributed by atoms with Gasteiger partial charge in [-0.25, -0.2) is 15.0 Å². The van der Waals surface area contributed by atoms with Gasteiger partial charge in [-0.05, 0) is 13.8 Å². The van der Waals surface area contributed by atoms with Crippen LogP contribution in [0.5, 0.6) is 0 Å². The van der Waals surface area contributed by atoms with Crippen LogP contribution < -0.4 is 5.32 Å². The molecule has 2 aromatic heterocycles. The van der Waals surface area contributed by atoms with E-state index in [9.17, 15) is 0 Å². The Bertz CT molecular complexity index is 561. The van der Waals surface area contributed by atoms with E-state index in [-0.39, 0.29) is 0 Å². The maximum absolute atomic E-state index is 5.97. The van der Waals surface area contributed by atoms with Gasteiger partial charge in [-0.3, -0.25) is 0 Å². The van der Waals surface area contributed by atoms with Gasteiger partial charge in [0, 0.05) is 36.7 Å². The van der Waals surface area contributed by atoms with Crippen molar-refractivity contribution >= 4 is 28.8 Å². The van der Waals surface area contributed by atoms with Crippen molar-refractivity contribution in [2.45, 2.75) is 26.9 Å². The smallest absolute Gasteiger partial charge is 0.158 e. The number of anilines is 1. The predicted molar refractivity (Wildman–Crippen MR) is 81.4 cm³/mol. The fourth-order valence-corrected chi connectivity index (χ4v) is 2.60. The molecule has 108 valence electrons. The zero-order chi connectivity index (χ0) is 14.4. The Kier molecular flexibility index (Phi) is 5.70. The minimum absolute atomic E-state index is 0.372. The van der Waals surface area contributed by atoms with Crippen LogP contribution in [0.25, 0.3) is 0 Å². The van der Waals surface area contributed by atoms with Crippen LogP contribution in [0.2, 0.25) is 5.15 Å². The molecule has 0 aliphatic heterocycles. The summed E-state index contributed by atoms with van der Waals surface area (Å²) >= 11 is 7.64. The number of aryl methyl sites for hydroxylation is 1. The summed E-state index contributed by atoms with van der Waals surface area (Å²) in [5, 5.41) is 6.82. The van der Waals surface area contributed by atoms with Crippen LogP contribution in [0.15, 0.2) is 11.4 Å². The number of hydrogen-bond donors (Lipinski definition) is 1. The molecule has 0 aliphatic carbocycles. The number of aromatic nitrogens is 3. The second-order valence-electron chi connectivity index (χ2n) is 4.19. The van der Waals surface area contributed by atoms with Crippen LogP contribution >= 0.6 is 22.9 Å². The minimum Gasteiger partial charge on any atom is -0.374 e. The van der Waals surface area contributed by atoms with Gasteiger partial charge in [0.1, 0.15) is 17.6 Å². The molecule has 7 heteroatoms. The van der Waals surface area contributed by atoms with Gasteiger partial charge in [0.15, 0.2) is 5.82 Å². The topological polar surface area (TPSA) is 59.9 Å². The summed E-state index contributed by atoms with van der Waals surface area (Å²) in [4.78, 5) is 12.9. The van der Waals surface area contributed by atoms with Crippen molar-refractivity contribution in [3.05, 3.63) is 33.1 Å². The molecule has 0 aliphatic rings. The van der Waals surface area contributed by atoms with E-state index in [1.54, 1.807) is 17.4 Å². The van der Waals surface area contributed by atoms with Gasteiger partial charge < -0.3 is 10.1 Å². The molecule has 2 rings (SSSR count). The number of nitrogens with zero attached hydrogens (tertiary/aromatic N) is 3. The molecule has 5 nitrogen and oxygen atoms in total. The Balaban J connectivity index is 1.89. The summed E-state index contributed by atoms with van der Waals surface area (Å²) in [7, 11) is 0. The summed E-state index contributed by atoms with van der Waals surface area (Å²) in [6.07, 6.45) is 0.862. The lowest BCUT2D eigenvalue weighted by Gasteiger charge is -2.07. The van der Waals surface area contributed by atoms with E-state index in [0.717, 1.165) is 23.7 Å². The van der Waals surface area contributed by atoms with E-state index < -0.39 is 0 Å². The molecule has 0 saturated heterocycles. The number of nitrogens with one attached hydrogen (secondary N) is 1. The lowest BCUT2D eigenvalue weighted by atomic mass is 10.4. The zero-order valence-electron chi connectivity index (χ0n) is 11.5. The highest BCUT2D eigenvalue weighted by Gasteiger charge is 2.04. The summed E-state index contributed by atoms with van der Waals surface area (Å²) in [5.74, 6) is 1.31. The molecular weight excluding hydrogens is 296 g/mol. The molecule has 2 heterocycles. The van der Waals surface area contributed by atoms with E-state index in [4.69, 9.17) is 16.3 Å². The van der Waals surface area contributed by atoms with Gasteiger partial charge in [-0.1, -0.05) is 11.6 Å². The van der Waals surface area contributed by atoms with Crippen molar-refractivity contribution in [2.24, 2.45) is 0 Å². The first-order valence-corrected chi connectivity index (χ1v) is 7.69. The highest BCUT2D eigenvalue weighted by atomic mass is 35.5. The molecular formula is C13H17ClN4OS. The Morgan fingerprint density at radius 1 is 1.35 bits per heavy atom. The molecule has 0 fully saturated rings. The SMILES string of the molecule is CCOCc1nc(Cl)cc(NCCc2nc(C)cs2)n1. The number of rotatable bonds is 7. The maximum Gasteiger partial charge on any atom is 0.158 e. The Morgan fingerprint density at radius 2 is 2.20 bits per heavy atom. The standard InChI is InChI=1S/C13H17ClN4OS/c1-3-19-7-12-17-10(14)6-11(18-12)15-5-4-13-16-9(2)8-20-13/h6,8H,3-5,7H2,1-2H3,(H,15,17,18). The molecule has 0 amide bonds. The molecule has 0 radical (unpaired) electrons. The fraction of sp³-hybridized carbons (Fsp3) is 0.462. The van der Waals surface area contributed by atoms with E-state index in [0.29, 0.717) is 30.0 Å². The molecule has 0 atom stereocenters. The highest BCUT2D eigenvalue weighted by Crippen LogP contribution is 2.13. The molecule has 0 aromatic carbocycles. The van der Waals surface area contributed by atoms with Crippen molar-refractivity contribution in [2.75, 3.05) is 18.5 Å². The summed E-state index contributed by atoms with van der Waals surface area (Å²) < 4.78 is 5.29. The second-order valence-corrected chi connectivity index (χ2v) is 5.52. The normalized spacial score (nSPS) is 10.8. The summed E-state index contributed by atoms with van der Waals surface area (Å²) in [6, 6.07) is 1.71. The van der Waals surface area contributed by atoms with E-state index in [2.05, 4.69) is 25.6 Å². The average molecular weight is 313 g/mol. The van der Waals surface area contributed by atoms with Gasteiger partial charge in [0.2, 0.25) is 0 Å². The van der Waals surface area contributed by atoms with Crippen LogP contribution in [0, 0.1) is 6.92 Å². The zero-order valence-corrected chi connectivity index (χ0v) is 13.1. The van der Waals surface area contributed by atoms with Gasteiger partial charge in [-0.15, -0.1) is 11.3 Å². The Morgan fingerprint density at radius 3 is 2.90 bits per heavy atom. The van der Waals surface area contributed by atoms with Gasteiger partial charge in [-0.2, -0.15) is 0 Å². The van der Waals surface area contributed by atoms with Gasteiger partial charge >= 0.3 is 0 Å². The summed E-state index contributed by atoms with van der Waals surface area (Å²) in [5.41, 5.74) is 1.06. The Labute approximate surface area is 127 Å². The molecule has 20 heavy (non-hydrogen) atoms. The monoisotopic (exact) mass is 312 g/mol. The van der Waals surface area contributed by atoms with Crippen LogP contribution in [-0.2, 0) is 17.8 Å². The van der Waals surface area contributed by atoms with Gasteiger partial charge in [0.05, 0.1) is 5.01 Å². The third-order valence-corrected chi connectivity index (χ3v) is 3.71. The van der Waals surface area contributed by atoms with E-state index in [1.807, 2.05) is 13.8 Å². The van der Waals surface area contributed by atoms with Crippen molar-refractivity contribution in [3.8, 4) is 0 Å². The van der Waals surface area contributed by atoms with E-state index >= 15 is 0 Å². The van der Waals surface area contributed by atoms with E-state index in [1.165, 1.54) is 0 Å². The Hall–Kier alpha value is -1.24. The van der Waals surface area contributed by atoms with Crippen LogP contribution in [0.4, 0.5) is 5.82 Å². The first-order chi connectivity index (χ1) is 9.67. The molecule has 1 N–H and O–H groups in total. The molecule has 2 aromatic rings. The number of thiazole rings is 1. The fourth-order valence-electron chi connectivity index (χ4n) is 1.63. The third-order valence-electron chi connectivity index (χ3n) is 2.49. The summed E-state index contributed by atoms with van der Waals surface area (Å²) in [6.45, 7) is 5.69. The molecule has 0 saturated carbocycles. The third kappa shape index (κ3) is 4.70. The highest BCUT2D eigenvalue weighted by molar-refractivity contribution is 7.09. The first kappa shape index (κ1) is 15.2. The molecule has 0 spiro atoms. The average Bonchev–Trinajstić information content (AvgIpc) is 2.81. The maximum atomic E-state index is 5.97. The van der Waals surface area contributed by atoms with Crippen LogP contribution in [-0.4, -0.2) is 28.1 Å². The quantitative estimate of drug-likeness (QED) is 0.796. The molecule has 0 bridgehead atoms. The lowest BCUT2D eigenvalue weighted by Crippen LogP contribution is -2.09. The number of ether oxygens (including phenoxy) is 1. The minimum atomic E-state index is 0.372. The van der Waals surface area contributed by atoms with Crippen molar-refractivity contribution in [1.82, 2.24) is 15.0 Å². The lowest BCUT2D eigenvalue weighted by molar-refractivity contribution is 0.128. The number of hydrogen-bond acceptors (Lipinski definition) is 6. The first-order valence-electron chi connectivity index (χ1n) is 6.43. The van der Waals surface area contributed by atoms with Gasteiger partial charge in [0.25, 0.3) is 0 Å².